The maximum absolute atomic E-state index is 12.6. The number of amides is 1. The highest BCUT2D eigenvalue weighted by Crippen LogP contribution is 2.21. The van der Waals surface area contributed by atoms with Gasteiger partial charge in [-0.1, -0.05) is 24.3 Å². The van der Waals surface area contributed by atoms with Gasteiger partial charge in [0.15, 0.2) is 6.61 Å². The van der Waals surface area contributed by atoms with Crippen LogP contribution in [0.15, 0.2) is 48.5 Å². The predicted molar refractivity (Wildman–Crippen MR) is 102 cm³/mol. The van der Waals surface area contributed by atoms with Crippen molar-refractivity contribution in [1.82, 2.24) is 5.32 Å². The number of ether oxygens (including phenoxy) is 3. The molecule has 1 aliphatic heterocycles. The third-order valence-corrected chi connectivity index (χ3v) is 4.29. The lowest BCUT2D eigenvalue weighted by molar-refractivity contribution is -0.139. The van der Waals surface area contributed by atoms with E-state index in [1.54, 1.807) is 36.4 Å². The number of carboxylic acid groups (broad SMARTS) is 1. The molecule has 2 aromatic carbocycles. The van der Waals surface area contributed by atoms with E-state index in [0.717, 1.165) is 25.0 Å². The van der Waals surface area contributed by atoms with Gasteiger partial charge < -0.3 is 24.6 Å². The summed E-state index contributed by atoms with van der Waals surface area (Å²) >= 11 is 0. The second-order valence-corrected chi connectivity index (χ2v) is 6.45. The summed E-state index contributed by atoms with van der Waals surface area (Å²) < 4.78 is 16.5. The molecule has 1 atom stereocenters. The zero-order chi connectivity index (χ0) is 19.8. The smallest absolute Gasteiger partial charge is 0.341 e. The van der Waals surface area contributed by atoms with E-state index in [4.69, 9.17) is 19.3 Å². The fourth-order valence-electron chi connectivity index (χ4n) is 2.91. The monoisotopic (exact) mass is 385 g/mol. The van der Waals surface area contributed by atoms with Crippen LogP contribution >= 0.6 is 0 Å². The van der Waals surface area contributed by atoms with Crippen LogP contribution in [0.25, 0.3) is 0 Å². The lowest BCUT2D eigenvalue weighted by atomic mass is 10.1. The van der Waals surface area contributed by atoms with E-state index in [9.17, 15) is 9.59 Å². The van der Waals surface area contributed by atoms with Crippen LogP contribution in [0.2, 0.25) is 0 Å². The molecule has 1 amide bonds. The molecule has 0 radical (unpaired) electrons. The third-order valence-electron chi connectivity index (χ3n) is 4.29. The van der Waals surface area contributed by atoms with Crippen molar-refractivity contribution in [2.24, 2.45) is 0 Å². The van der Waals surface area contributed by atoms with Crippen LogP contribution < -0.4 is 14.8 Å². The van der Waals surface area contributed by atoms with Gasteiger partial charge in [-0.05, 0) is 42.7 Å². The summed E-state index contributed by atoms with van der Waals surface area (Å²) in [6, 6.07) is 14.0. The van der Waals surface area contributed by atoms with E-state index < -0.39 is 12.6 Å². The summed E-state index contributed by atoms with van der Waals surface area (Å²) in [5.74, 6) is -0.332. The van der Waals surface area contributed by atoms with Gasteiger partial charge >= 0.3 is 5.97 Å². The molecule has 7 nitrogen and oxygen atoms in total. The molecule has 1 saturated heterocycles. The first-order valence-corrected chi connectivity index (χ1v) is 9.17. The average molecular weight is 385 g/mol. The number of aliphatic carboxylic acids is 1. The standard InChI is InChI=1S/C21H23NO6/c23-20(24)14-27-16-6-3-5-15(11-16)12-22-21(25)18-8-1-2-9-19(18)28-13-17-7-4-10-26-17/h1-3,5-6,8-9,11,17H,4,7,10,12-14H2,(H,22,25)(H,23,24). The minimum atomic E-state index is -1.04. The van der Waals surface area contributed by atoms with Gasteiger partial charge in [0.2, 0.25) is 0 Å². The molecular weight excluding hydrogens is 362 g/mol. The zero-order valence-electron chi connectivity index (χ0n) is 15.4. The molecule has 0 spiro atoms. The maximum atomic E-state index is 12.6. The molecule has 1 fully saturated rings. The molecular formula is C21H23NO6. The van der Waals surface area contributed by atoms with Crippen LogP contribution in [-0.2, 0) is 16.1 Å². The Morgan fingerprint density at radius 3 is 2.79 bits per heavy atom. The number of hydrogen-bond acceptors (Lipinski definition) is 5. The molecule has 7 heteroatoms. The predicted octanol–water partition coefficient (Wildman–Crippen LogP) is 2.64. The van der Waals surface area contributed by atoms with Crippen LogP contribution in [-0.4, -0.2) is 42.9 Å². The fraction of sp³-hybridized carbons (Fsp3) is 0.333. The lowest BCUT2D eigenvalue weighted by Crippen LogP contribution is -2.24. The normalized spacial score (nSPS) is 15.8. The summed E-state index contributed by atoms with van der Waals surface area (Å²) in [4.78, 5) is 23.2. The number of carboxylic acids is 1. The Bertz CT molecular complexity index is 816. The average Bonchev–Trinajstić information content (AvgIpc) is 3.23. The van der Waals surface area contributed by atoms with E-state index in [1.807, 2.05) is 12.1 Å². The second kappa shape index (κ2) is 9.75. The molecule has 148 valence electrons. The first-order chi connectivity index (χ1) is 13.6. The highest BCUT2D eigenvalue weighted by molar-refractivity contribution is 5.96. The fourth-order valence-corrected chi connectivity index (χ4v) is 2.91. The SMILES string of the molecule is O=C(O)COc1cccc(CNC(=O)c2ccccc2OCC2CCCO2)c1. The Morgan fingerprint density at radius 1 is 1.14 bits per heavy atom. The molecule has 1 aliphatic rings. The van der Waals surface area contributed by atoms with Crippen LogP contribution in [0.1, 0.15) is 28.8 Å². The van der Waals surface area contributed by atoms with Gasteiger partial charge in [0.25, 0.3) is 5.91 Å². The van der Waals surface area contributed by atoms with Gasteiger partial charge in [0.1, 0.15) is 18.1 Å². The number of hydrogen-bond donors (Lipinski definition) is 2. The molecule has 0 bridgehead atoms. The van der Waals surface area contributed by atoms with Crippen molar-refractivity contribution in [3.8, 4) is 11.5 Å². The molecule has 1 unspecified atom stereocenters. The molecule has 2 N–H and O–H groups in total. The first-order valence-electron chi connectivity index (χ1n) is 9.17. The van der Waals surface area contributed by atoms with Crippen molar-refractivity contribution in [2.75, 3.05) is 19.8 Å². The number of nitrogens with one attached hydrogen (secondary N) is 1. The van der Waals surface area contributed by atoms with Gasteiger partial charge in [-0.15, -0.1) is 0 Å². The molecule has 0 aliphatic carbocycles. The minimum Gasteiger partial charge on any atom is -0.490 e. The van der Waals surface area contributed by atoms with Crippen molar-refractivity contribution < 1.29 is 28.9 Å². The van der Waals surface area contributed by atoms with Crippen molar-refractivity contribution in [3.63, 3.8) is 0 Å². The van der Waals surface area contributed by atoms with E-state index in [-0.39, 0.29) is 18.6 Å². The first kappa shape index (κ1) is 19.7. The van der Waals surface area contributed by atoms with E-state index in [2.05, 4.69) is 5.32 Å². The maximum Gasteiger partial charge on any atom is 0.341 e. The summed E-state index contributed by atoms with van der Waals surface area (Å²) in [7, 11) is 0. The van der Waals surface area contributed by atoms with Crippen LogP contribution in [0, 0.1) is 0 Å². The molecule has 2 aromatic rings. The summed E-state index contributed by atoms with van der Waals surface area (Å²) in [6.45, 7) is 1.05. The van der Waals surface area contributed by atoms with Crippen molar-refractivity contribution in [2.45, 2.75) is 25.5 Å². The Kier molecular flexibility index (Phi) is 6.86. The summed E-state index contributed by atoms with van der Waals surface area (Å²) in [6.07, 6.45) is 2.07. The number of carbonyl (C=O) groups excluding carboxylic acids is 1. The lowest BCUT2D eigenvalue weighted by Gasteiger charge is -2.14. The quantitative estimate of drug-likeness (QED) is 0.689. The number of para-hydroxylation sites is 1. The third kappa shape index (κ3) is 5.72. The van der Waals surface area contributed by atoms with Crippen LogP contribution in [0.3, 0.4) is 0 Å². The van der Waals surface area contributed by atoms with Crippen molar-refractivity contribution >= 4 is 11.9 Å². The van der Waals surface area contributed by atoms with Gasteiger partial charge in [-0.3, -0.25) is 4.79 Å². The Morgan fingerprint density at radius 2 is 2.00 bits per heavy atom. The van der Waals surface area contributed by atoms with Gasteiger partial charge in [-0.25, -0.2) is 4.79 Å². The summed E-state index contributed by atoms with van der Waals surface area (Å²) in [5, 5.41) is 11.5. The summed E-state index contributed by atoms with van der Waals surface area (Å²) in [5.41, 5.74) is 1.26. The molecule has 3 rings (SSSR count). The van der Waals surface area contributed by atoms with E-state index in [1.165, 1.54) is 0 Å². The molecule has 0 saturated carbocycles. The van der Waals surface area contributed by atoms with Crippen LogP contribution in [0.5, 0.6) is 11.5 Å². The minimum absolute atomic E-state index is 0.0738. The number of benzene rings is 2. The molecule has 0 aromatic heterocycles. The Labute approximate surface area is 163 Å². The highest BCUT2D eigenvalue weighted by atomic mass is 16.5. The van der Waals surface area contributed by atoms with Crippen molar-refractivity contribution in [1.29, 1.82) is 0 Å². The number of rotatable bonds is 9. The van der Waals surface area contributed by atoms with Gasteiger partial charge in [0.05, 0.1) is 11.7 Å². The highest BCUT2D eigenvalue weighted by Gasteiger charge is 2.18. The van der Waals surface area contributed by atoms with Gasteiger partial charge in [-0.2, -0.15) is 0 Å². The Hall–Kier alpha value is -3.06. The Balaban J connectivity index is 1.57. The van der Waals surface area contributed by atoms with E-state index in [0.29, 0.717) is 23.7 Å². The molecule has 1 heterocycles. The molecule has 28 heavy (non-hydrogen) atoms. The second-order valence-electron chi connectivity index (χ2n) is 6.45. The zero-order valence-corrected chi connectivity index (χ0v) is 15.4. The van der Waals surface area contributed by atoms with Gasteiger partial charge in [0, 0.05) is 13.2 Å². The topological polar surface area (TPSA) is 94.1 Å². The van der Waals surface area contributed by atoms with E-state index >= 15 is 0 Å². The van der Waals surface area contributed by atoms with Crippen LogP contribution in [0.4, 0.5) is 0 Å². The largest absolute Gasteiger partial charge is 0.490 e. The number of carbonyl (C=O) groups is 2. The van der Waals surface area contributed by atoms with Crippen molar-refractivity contribution in [3.05, 3.63) is 59.7 Å².